The van der Waals surface area contributed by atoms with Gasteiger partial charge in [0.25, 0.3) is 0 Å². The maximum Gasteiger partial charge on any atom is 0.446 e. The van der Waals surface area contributed by atoms with Crippen LogP contribution >= 0.6 is 11.8 Å². The van der Waals surface area contributed by atoms with E-state index in [0.29, 0.717) is 12.1 Å². The molecule has 0 atom stereocenters. The topological polar surface area (TPSA) is 46.9 Å². The summed E-state index contributed by atoms with van der Waals surface area (Å²) in [5, 5.41) is 2.78. The van der Waals surface area contributed by atoms with Gasteiger partial charge in [0, 0.05) is 36.5 Å². The van der Waals surface area contributed by atoms with Crippen LogP contribution in [0.2, 0.25) is 0 Å². The summed E-state index contributed by atoms with van der Waals surface area (Å²) in [6, 6.07) is 13.7. The van der Waals surface area contributed by atoms with Crippen LogP contribution in [0.4, 0.5) is 13.2 Å². The molecule has 150 valence electrons. The molecular formula is C21H18F3N3OS. The minimum absolute atomic E-state index is 0.107. The fourth-order valence-electron chi connectivity index (χ4n) is 2.55. The number of imidazole rings is 1. The molecule has 1 heterocycles. The molecule has 0 saturated heterocycles. The van der Waals surface area contributed by atoms with Crippen LogP contribution in [0.1, 0.15) is 16.7 Å². The predicted octanol–water partition coefficient (Wildman–Crippen LogP) is 4.87. The Morgan fingerprint density at radius 3 is 2.38 bits per heavy atom. The fraction of sp³-hybridized carbons (Fsp3) is 0.143. The molecule has 0 aliphatic heterocycles. The van der Waals surface area contributed by atoms with E-state index in [-0.39, 0.29) is 22.6 Å². The summed E-state index contributed by atoms with van der Waals surface area (Å²) in [4.78, 5) is 16.1. The highest BCUT2D eigenvalue weighted by molar-refractivity contribution is 8.00. The van der Waals surface area contributed by atoms with Gasteiger partial charge in [0.05, 0.1) is 6.33 Å². The van der Waals surface area contributed by atoms with Gasteiger partial charge in [-0.25, -0.2) is 4.98 Å². The molecular weight excluding hydrogens is 399 g/mol. The second-order valence-corrected chi connectivity index (χ2v) is 7.36. The van der Waals surface area contributed by atoms with Gasteiger partial charge in [0.2, 0.25) is 5.91 Å². The molecule has 1 amide bonds. The Hall–Kier alpha value is -3.00. The van der Waals surface area contributed by atoms with Crippen molar-refractivity contribution in [3.05, 3.63) is 90.0 Å². The van der Waals surface area contributed by atoms with E-state index in [1.54, 1.807) is 18.6 Å². The van der Waals surface area contributed by atoms with Crippen molar-refractivity contribution in [3.8, 4) is 0 Å². The summed E-state index contributed by atoms with van der Waals surface area (Å²) in [5.41, 5.74) is -1.56. The van der Waals surface area contributed by atoms with Crippen molar-refractivity contribution in [2.45, 2.75) is 23.5 Å². The van der Waals surface area contributed by atoms with Crippen molar-refractivity contribution in [1.82, 2.24) is 14.9 Å². The number of carbonyl (C=O) groups excluding carboxylic acids is 1. The zero-order valence-electron chi connectivity index (χ0n) is 15.3. The van der Waals surface area contributed by atoms with E-state index < -0.39 is 5.51 Å². The number of alkyl halides is 3. The average Bonchev–Trinajstić information content (AvgIpc) is 3.19. The maximum atomic E-state index is 12.3. The lowest BCUT2D eigenvalue weighted by Crippen LogP contribution is -2.20. The first-order valence-electron chi connectivity index (χ1n) is 8.73. The van der Waals surface area contributed by atoms with Crippen LogP contribution in [-0.2, 0) is 17.9 Å². The lowest BCUT2D eigenvalue weighted by molar-refractivity contribution is -0.116. The molecule has 3 aromatic rings. The molecule has 0 aliphatic carbocycles. The molecule has 0 fully saturated rings. The van der Waals surface area contributed by atoms with E-state index in [0.717, 1.165) is 17.7 Å². The summed E-state index contributed by atoms with van der Waals surface area (Å²) >= 11 is -0.167. The van der Waals surface area contributed by atoms with Crippen LogP contribution in [0.25, 0.3) is 6.08 Å². The maximum absolute atomic E-state index is 12.3. The number of amides is 1. The van der Waals surface area contributed by atoms with Crippen LogP contribution in [0.15, 0.2) is 78.2 Å². The third-order valence-corrected chi connectivity index (χ3v) is 4.69. The van der Waals surface area contributed by atoms with E-state index in [1.807, 2.05) is 35.0 Å². The number of nitrogens with zero attached hydrogens (tertiary/aromatic N) is 2. The number of benzene rings is 2. The lowest BCUT2D eigenvalue weighted by Gasteiger charge is -2.06. The van der Waals surface area contributed by atoms with Crippen molar-refractivity contribution >= 4 is 23.7 Å². The zero-order chi connectivity index (χ0) is 20.7. The highest BCUT2D eigenvalue weighted by atomic mass is 32.2. The van der Waals surface area contributed by atoms with Crippen LogP contribution in [0.3, 0.4) is 0 Å². The molecule has 0 aliphatic rings. The molecule has 3 rings (SSSR count). The summed E-state index contributed by atoms with van der Waals surface area (Å²) in [5.74, 6) is -0.277. The number of rotatable bonds is 7. The minimum atomic E-state index is -4.31. The van der Waals surface area contributed by atoms with Gasteiger partial charge in [-0.3, -0.25) is 4.79 Å². The van der Waals surface area contributed by atoms with Crippen molar-refractivity contribution < 1.29 is 18.0 Å². The van der Waals surface area contributed by atoms with Crippen LogP contribution in [0, 0.1) is 0 Å². The zero-order valence-corrected chi connectivity index (χ0v) is 16.1. The second-order valence-electron chi connectivity index (χ2n) is 6.22. The van der Waals surface area contributed by atoms with E-state index in [9.17, 15) is 18.0 Å². The van der Waals surface area contributed by atoms with Gasteiger partial charge in [-0.05, 0) is 46.7 Å². The van der Waals surface area contributed by atoms with Crippen molar-refractivity contribution in [3.63, 3.8) is 0 Å². The normalized spacial score (nSPS) is 11.7. The van der Waals surface area contributed by atoms with E-state index in [2.05, 4.69) is 10.3 Å². The Labute approximate surface area is 170 Å². The van der Waals surface area contributed by atoms with Crippen molar-refractivity contribution in [1.29, 1.82) is 0 Å². The van der Waals surface area contributed by atoms with Crippen LogP contribution in [-0.4, -0.2) is 21.0 Å². The Morgan fingerprint density at radius 1 is 1.07 bits per heavy atom. The third-order valence-electron chi connectivity index (χ3n) is 3.95. The highest BCUT2D eigenvalue weighted by Gasteiger charge is 2.28. The number of halogens is 3. The molecule has 0 radical (unpaired) electrons. The Bertz CT molecular complexity index is 950. The number of thioether (sulfide) groups is 1. The van der Waals surface area contributed by atoms with Crippen molar-refractivity contribution in [2.75, 3.05) is 0 Å². The quantitative estimate of drug-likeness (QED) is 0.441. The monoisotopic (exact) mass is 417 g/mol. The van der Waals surface area contributed by atoms with E-state index in [1.165, 1.54) is 30.3 Å². The summed E-state index contributed by atoms with van der Waals surface area (Å²) in [6.45, 7) is 1.12. The summed E-state index contributed by atoms with van der Waals surface area (Å²) < 4.78 is 38.9. The average molecular weight is 417 g/mol. The Kier molecular flexibility index (Phi) is 6.77. The van der Waals surface area contributed by atoms with E-state index >= 15 is 0 Å². The number of hydrogen-bond donors (Lipinski definition) is 1. The predicted molar refractivity (Wildman–Crippen MR) is 107 cm³/mol. The second kappa shape index (κ2) is 9.47. The van der Waals surface area contributed by atoms with Crippen molar-refractivity contribution in [2.24, 2.45) is 0 Å². The molecule has 4 nitrogen and oxygen atoms in total. The first-order chi connectivity index (χ1) is 13.9. The van der Waals surface area contributed by atoms with Gasteiger partial charge in [0.15, 0.2) is 0 Å². The van der Waals surface area contributed by atoms with Gasteiger partial charge >= 0.3 is 5.51 Å². The fourth-order valence-corrected chi connectivity index (χ4v) is 3.09. The largest absolute Gasteiger partial charge is 0.446 e. The van der Waals surface area contributed by atoms with Gasteiger partial charge in [-0.1, -0.05) is 36.4 Å². The minimum Gasteiger partial charge on any atom is -0.348 e. The van der Waals surface area contributed by atoms with Crippen LogP contribution < -0.4 is 5.32 Å². The van der Waals surface area contributed by atoms with Gasteiger partial charge in [-0.2, -0.15) is 13.2 Å². The SMILES string of the molecule is O=C(/C=C/c1ccc(SC(F)(F)F)cc1)NCc1ccc(Cn2ccnc2)cc1. The number of aromatic nitrogens is 2. The first kappa shape index (κ1) is 20.7. The number of carbonyl (C=O) groups is 1. The summed E-state index contributed by atoms with van der Waals surface area (Å²) in [6.07, 6.45) is 8.30. The molecule has 2 aromatic carbocycles. The number of hydrogen-bond acceptors (Lipinski definition) is 3. The van der Waals surface area contributed by atoms with Gasteiger partial charge < -0.3 is 9.88 Å². The standard InChI is InChI=1S/C21H18F3N3OS/c22-21(23,24)29-19-8-5-16(6-9-19)7-10-20(28)26-13-17-1-3-18(4-2-17)14-27-12-11-25-15-27/h1-12,15H,13-14H2,(H,26,28)/b10-7+. The van der Waals surface area contributed by atoms with Gasteiger partial charge in [0.1, 0.15) is 0 Å². The van der Waals surface area contributed by atoms with Crippen LogP contribution in [0.5, 0.6) is 0 Å². The highest BCUT2D eigenvalue weighted by Crippen LogP contribution is 2.36. The van der Waals surface area contributed by atoms with E-state index in [4.69, 9.17) is 0 Å². The molecule has 1 aromatic heterocycles. The molecule has 29 heavy (non-hydrogen) atoms. The Morgan fingerprint density at radius 2 is 1.76 bits per heavy atom. The lowest BCUT2D eigenvalue weighted by atomic mass is 10.1. The van der Waals surface area contributed by atoms with Gasteiger partial charge in [-0.15, -0.1) is 0 Å². The smallest absolute Gasteiger partial charge is 0.348 e. The molecule has 0 unspecified atom stereocenters. The first-order valence-corrected chi connectivity index (χ1v) is 9.54. The molecule has 0 saturated carbocycles. The molecule has 0 bridgehead atoms. The molecule has 0 spiro atoms. The summed E-state index contributed by atoms with van der Waals surface area (Å²) in [7, 11) is 0. The molecule has 1 N–H and O–H groups in total. The Balaban J connectivity index is 1.46. The third kappa shape index (κ3) is 7.15. The molecule has 8 heteroatoms. The number of nitrogens with one attached hydrogen (secondary N) is 1.